The minimum absolute atomic E-state index is 0.593. The van der Waals surface area contributed by atoms with E-state index in [-0.39, 0.29) is 0 Å². The Hall–Kier alpha value is -0.940. The minimum atomic E-state index is -0.593. The average molecular weight is 227 g/mol. The fraction of sp³-hybridized carbons (Fsp3) is 0.818. The van der Waals surface area contributed by atoms with Gasteiger partial charge in [0.15, 0.2) is 5.82 Å². The van der Waals surface area contributed by atoms with Crippen molar-refractivity contribution >= 4 is 0 Å². The Balaban J connectivity index is 2.21. The summed E-state index contributed by atoms with van der Waals surface area (Å²) in [7, 11) is 0. The predicted molar refractivity (Wildman–Crippen MR) is 61.1 cm³/mol. The van der Waals surface area contributed by atoms with Crippen molar-refractivity contribution in [2.45, 2.75) is 45.6 Å². The van der Waals surface area contributed by atoms with Crippen LogP contribution in [-0.2, 0) is 6.42 Å². The van der Waals surface area contributed by atoms with Crippen LogP contribution >= 0.6 is 0 Å². The summed E-state index contributed by atoms with van der Waals surface area (Å²) in [6.07, 6.45) is 2.22. The lowest BCUT2D eigenvalue weighted by Gasteiger charge is -2.25. The summed E-state index contributed by atoms with van der Waals surface area (Å²) in [6.45, 7) is 7.13. The van der Waals surface area contributed by atoms with Crippen molar-refractivity contribution < 1.29 is 9.63 Å². The Labute approximate surface area is 96.2 Å². The molecule has 92 valence electrons. The molecule has 0 saturated carbocycles. The van der Waals surface area contributed by atoms with E-state index >= 15 is 0 Å². The highest BCUT2D eigenvalue weighted by Crippen LogP contribution is 2.12. The maximum atomic E-state index is 10.0. The number of aryl methyl sites for hydroxylation is 1. The van der Waals surface area contributed by atoms with Gasteiger partial charge in [-0.15, -0.1) is 0 Å². The van der Waals surface area contributed by atoms with Gasteiger partial charge >= 0.3 is 0 Å². The van der Waals surface area contributed by atoms with Crippen LogP contribution in [0.25, 0.3) is 0 Å². The highest BCUT2D eigenvalue weighted by atomic mass is 16.5. The monoisotopic (exact) mass is 227 g/mol. The summed E-state index contributed by atoms with van der Waals surface area (Å²) in [4.78, 5) is 4.10. The van der Waals surface area contributed by atoms with Crippen LogP contribution in [0.4, 0.5) is 0 Å². The number of nitrogens with zero attached hydrogens (tertiary/aromatic N) is 2. The third-order valence-corrected chi connectivity index (χ3v) is 2.86. The summed E-state index contributed by atoms with van der Waals surface area (Å²) >= 11 is 0. The van der Waals surface area contributed by atoms with Crippen LogP contribution in [0.1, 0.15) is 38.4 Å². The Morgan fingerprint density at radius 2 is 2.06 bits per heavy atom. The molecule has 0 aliphatic heterocycles. The van der Waals surface area contributed by atoms with Crippen LogP contribution in [0, 0.1) is 6.92 Å². The SMILES string of the molecule is CCC(O)(CC)CNCCc1nc(C)no1. The third-order valence-electron chi connectivity index (χ3n) is 2.86. The van der Waals surface area contributed by atoms with E-state index in [1.165, 1.54) is 0 Å². The molecule has 5 heteroatoms. The van der Waals surface area contributed by atoms with E-state index in [9.17, 15) is 5.11 Å². The van der Waals surface area contributed by atoms with Crippen LogP contribution in [0.3, 0.4) is 0 Å². The quantitative estimate of drug-likeness (QED) is 0.682. The highest BCUT2D eigenvalue weighted by Gasteiger charge is 2.21. The van der Waals surface area contributed by atoms with Crippen LogP contribution in [0.2, 0.25) is 0 Å². The Bertz CT molecular complexity index is 308. The fourth-order valence-corrected chi connectivity index (χ4v) is 1.46. The standard InChI is InChI=1S/C11H21N3O2/c1-4-11(15,5-2)8-12-7-6-10-13-9(3)14-16-10/h12,15H,4-8H2,1-3H3. The molecule has 0 aromatic carbocycles. The van der Waals surface area contributed by atoms with Gasteiger partial charge in [-0.25, -0.2) is 0 Å². The molecule has 0 aliphatic rings. The normalized spacial score (nSPS) is 12.0. The molecule has 0 spiro atoms. The van der Waals surface area contributed by atoms with Gasteiger partial charge in [-0.3, -0.25) is 0 Å². The Morgan fingerprint density at radius 3 is 2.56 bits per heavy atom. The minimum Gasteiger partial charge on any atom is -0.389 e. The van der Waals surface area contributed by atoms with E-state index in [2.05, 4.69) is 15.5 Å². The molecule has 0 unspecified atom stereocenters. The number of nitrogens with one attached hydrogen (secondary N) is 1. The maximum Gasteiger partial charge on any atom is 0.227 e. The van der Waals surface area contributed by atoms with Crippen LogP contribution < -0.4 is 5.32 Å². The number of aromatic nitrogens is 2. The second-order valence-electron chi connectivity index (χ2n) is 4.09. The molecule has 1 aromatic heterocycles. The van der Waals surface area contributed by atoms with Crippen molar-refractivity contribution in [3.63, 3.8) is 0 Å². The summed E-state index contributed by atoms with van der Waals surface area (Å²) < 4.78 is 4.99. The zero-order valence-corrected chi connectivity index (χ0v) is 10.3. The summed E-state index contributed by atoms with van der Waals surface area (Å²) in [5, 5.41) is 16.9. The van der Waals surface area contributed by atoms with Gasteiger partial charge in [0.2, 0.25) is 5.89 Å². The first-order valence-corrected chi connectivity index (χ1v) is 5.82. The smallest absolute Gasteiger partial charge is 0.227 e. The van der Waals surface area contributed by atoms with Gasteiger partial charge in [-0.2, -0.15) is 4.98 Å². The van der Waals surface area contributed by atoms with Gasteiger partial charge in [-0.05, 0) is 19.8 Å². The van der Waals surface area contributed by atoms with E-state index in [4.69, 9.17) is 4.52 Å². The first-order valence-electron chi connectivity index (χ1n) is 5.82. The lowest BCUT2D eigenvalue weighted by Crippen LogP contribution is -2.40. The van der Waals surface area contributed by atoms with Crippen LogP contribution in [0.5, 0.6) is 0 Å². The largest absolute Gasteiger partial charge is 0.389 e. The molecule has 16 heavy (non-hydrogen) atoms. The zero-order valence-electron chi connectivity index (χ0n) is 10.3. The van der Waals surface area contributed by atoms with E-state index in [1.54, 1.807) is 6.92 Å². The van der Waals surface area contributed by atoms with Gasteiger partial charge in [0.25, 0.3) is 0 Å². The molecule has 2 N–H and O–H groups in total. The van der Waals surface area contributed by atoms with Gasteiger partial charge in [0, 0.05) is 19.5 Å². The van der Waals surface area contributed by atoms with Crippen molar-refractivity contribution in [1.29, 1.82) is 0 Å². The van der Waals surface area contributed by atoms with Crippen molar-refractivity contribution in [2.24, 2.45) is 0 Å². The van der Waals surface area contributed by atoms with Gasteiger partial charge in [0.05, 0.1) is 5.60 Å². The summed E-state index contributed by atoms with van der Waals surface area (Å²) in [6, 6.07) is 0. The predicted octanol–water partition coefficient (Wildman–Crippen LogP) is 1.06. The second-order valence-corrected chi connectivity index (χ2v) is 4.09. The van der Waals surface area contributed by atoms with E-state index < -0.39 is 5.60 Å². The first kappa shape index (κ1) is 13.1. The second kappa shape index (κ2) is 5.96. The zero-order chi connectivity index (χ0) is 12.0. The van der Waals surface area contributed by atoms with Gasteiger partial charge in [-0.1, -0.05) is 19.0 Å². The lowest BCUT2D eigenvalue weighted by atomic mass is 9.98. The topological polar surface area (TPSA) is 71.2 Å². The molecule has 0 amide bonds. The molecule has 1 rings (SSSR count). The van der Waals surface area contributed by atoms with Crippen molar-refractivity contribution in [3.8, 4) is 0 Å². The molecule has 0 fully saturated rings. The molecule has 0 atom stereocenters. The van der Waals surface area contributed by atoms with Crippen molar-refractivity contribution in [2.75, 3.05) is 13.1 Å². The lowest BCUT2D eigenvalue weighted by molar-refractivity contribution is 0.0327. The molecule has 0 aliphatic carbocycles. The number of hydrogen-bond acceptors (Lipinski definition) is 5. The van der Waals surface area contributed by atoms with E-state index in [0.29, 0.717) is 24.7 Å². The molecule has 0 radical (unpaired) electrons. The summed E-state index contributed by atoms with van der Waals surface area (Å²) in [5.41, 5.74) is -0.593. The van der Waals surface area contributed by atoms with Crippen LogP contribution in [-0.4, -0.2) is 33.9 Å². The molecule has 0 bridgehead atoms. The Kier molecular flexibility index (Phi) is 4.89. The molecule has 0 saturated heterocycles. The number of rotatable bonds is 7. The van der Waals surface area contributed by atoms with E-state index in [1.807, 2.05) is 13.8 Å². The molecule has 5 nitrogen and oxygen atoms in total. The first-order chi connectivity index (χ1) is 7.59. The number of hydrogen-bond donors (Lipinski definition) is 2. The molecular weight excluding hydrogens is 206 g/mol. The number of aliphatic hydroxyl groups is 1. The van der Waals surface area contributed by atoms with Gasteiger partial charge < -0.3 is 14.9 Å². The van der Waals surface area contributed by atoms with Gasteiger partial charge in [0.1, 0.15) is 0 Å². The van der Waals surface area contributed by atoms with Crippen LogP contribution in [0.15, 0.2) is 4.52 Å². The van der Waals surface area contributed by atoms with Crippen molar-refractivity contribution in [1.82, 2.24) is 15.5 Å². The summed E-state index contributed by atoms with van der Waals surface area (Å²) in [5.74, 6) is 1.30. The molecule has 1 heterocycles. The Morgan fingerprint density at radius 1 is 1.38 bits per heavy atom. The molecular formula is C11H21N3O2. The maximum absolute atomic E-state index is 10.0. The third kappa shape index (κ3) is 3.90. The average Bonchev–Trinajstić information content (AvgIpc) is 2.70. The fourth-order valence-electron chi connectivity index (χ4n) is 1.46. The highest BCUT2D eigenvalue weighted by molar-refractivity contribution is 4.84. The van der Waals surface area contributed by atoms with E-state index in [0.717, 1.165) is 19.4 Å². The van der Waals surface area contributed by atoms with Crippen molar-refractivity contribution in [3.05, 3.63) is 11.7 Å². The molecule has 1 aromatic rings.